The molecule has 0 radical (unpaired) electrons. The fraction of sp³-hybridized carbons (Fsp3) is 0.185. The van der Waals surface area contributed by atoms with E-state index in [1.165, 1.54) is 12.1 Å². The first-order chi connectivity index (χ1) is 16.9. The molecule has 3 heterocycles. The summed E-state index contributed by atoms with van der Waals surface area (Å²) in [5.74, 6) is -0.0524. The number of hydrogen-bond acceptors (Lipinski definition) is 5. The quantitative estimate of drug-likeness (QED) is 0.378. The summed E-state index contributed by atoms with van der Waals surface area (Å²) >= 11 is 6.34. The van der Waals surface area contributed by atoms with Gasteiger partial charge in [-0.3, -0.25) is 4.40 Å². The Bertz CT molecular complexity index is 1540. The van der Waals surface area contributed by atoms with Crippen LogP contribution in [0.1, 0.15) is 46.7 Å². The van der Waals surface area contributed by atoms with Crippen LogP contribution >= 0.6 is 11.6 Å². The molecular weight excluding hydrogens is 469 g/mol. The summed E-state index contributed by atoms with van der Waals surface area (Å²) in [5.41, 5.74) is 5.63. The average molecular weight is 490 g/mol. The third kappa shape index (κ3) is 3.96. The first-order valence-electron chi connectivity index (χ1n) is 10.9. The van der Waals surface area contributed by atoms with Crippen LogP contribution in [-0.4, -0.2) is 21.6 Å². The van der Waals surface area contributed by atoms with Gasteiger partial charge in [0.2, 0.25) is 0 Å². The molecule has 5 rings (SSSR count). The van der Waals surface area contributed by atoms with Gasteiger partial charge in [-0.25, -0.2) is 9.37 Å². The number of ether oxygens (including phenoxy) is 2. The maximum absolute atomic E-state index is 13.9. The average Bonchev–Trinajstić information content (AvgIpc) is 3.15. The highest BCUT2D eigenvalue weighted by Crippen LogP contribution is 2.40. The number of nitrogens with zero attached hydrogens (tertiary/aromatic N) is 3. The monoisotopic (exact) mass is 489 g/mol. The summed E-state index contributed by atoms with van der Waals surface area (Å²) in [6.45, 7) is 2.07. The number of fused-ring (bicyclic) bond motifs is 3. The van der Waals surface area contributed by atoms with E-state index >= 15 is 0 Å². The second kappa shape index (κ2) is 9.16. The van der Waals surface area contributed by atoms with Crippen molar-refractivity contribution in [3.63, 3.8) is 0 Å². The van der Waals surface area contributed by atoms with Gasteiger partial charge in [-0.15, -0.1) is 0 Å². The predicted octanol–water partition coefficient (Wildman–Crippen LogP) is 5.59. The largest absolute Gasteiger partial charge is 0.488 e. The molecule has 0 fully saturated rings. The molecule has 1 N–H and O–H groups in total. The van der Waals surface area contributed by atoms with Crippen molar-refractivity contribution in [1.82, 2.24) is 9.38 Å². The van der Waals surface area contributed by atoms with Crippen molar-refractivity contribution in [1.29, 1.82) is 5.26 Å². The number of aromatic nitrogens is 2. The van der Waals surface area contributed by atoms with Crippen LogP contribution in [0.15, 0.2) is 60.3 Å². The van der Waals surface area contributed by atoms with E-state index in [4.69, 9.17) is 21.1 Å². The van der Waals surface area contributed by atoms with Crippen LogP contribution < -0.4 is 4.74 Å². The number of pyridine rings is 1. The molecule has 1 aliphatic rings. The lowest BCUT2D eigenvalue weighted by Crippen LogP contribution is -2.09. The normalized spacial score (nSPS) is 15.0. The molecule has 176 valence electrons. The van der Waals surface area contributed by atoms with Crippen LogP contribution in [0.25, 0.3) is 11.2 Å². The minimum atomic E-state index is -1.04. The fourth-order valence-corrected chi connectivity index (χ4v) is 4.73. The SMILES string of the molecule is COCc1nc2c(Cl)cccn2c1C(O)c1ccc2c(c1)COc1cc(F)ccc1/C2=C(/C)C#N. The van der Waals surface area contributed by atoms with Gasteiger partial charge < -0.3 is 14.6 Å². The Kier molecular flexibility index (Phi) is 6.03. The molecule has 0 bridgehead atoms. The number of halogens is 2. The zero-order valence-electron chi connectivity index (χ0n) is 19.0. The molecule has 0 spiro atoms. The van der Waals surface area contributed by atoms with Gasteiger partial charge in [-0.1, -0.05) is 23.7 Å². The Hall–Kier alpha value is -3.70. The summed E-state index contributed by atoms with van der Waals surface area (Å²) in [6, 6.07) is 15.5. The number of aliphatic hydroxyl groups excluding tert-OH is 1. The van der Waals surface area contributed by atoms with Crippen molar-refractivity contribution in [2.24, 2.45) is 0 Å². The van der Waals surface area contributed by atoms with Crippen molar-refractivity contribution in [3.05, 3.63) is 105 Å². The number of hydrogen-bond donors (Lipinski definition) is 1. The maximum atomic E-state index is 13.9. The molecule has 0 saturated heterocycles. The second-order valence-corrected chi connectivity index (χ2v) is 8.69. The first-order valence-corrected chi connectivity index (χ1v) is 11.3. The number of imidazole rings is 1. The number of rotatable bonds is 4. The van der Waals surface area contributed by atoms with Crippen LogP contribution in [-0.2, 0) is 18.0 Å². The molecule has 2 aromatic heterocycles. The smallest absolute Gasteiger partial charge is 0.156 e. The lowest BCUT2D eigenvalue weighted by Gasteiger charge is -2.17. The van der Waals surface area contributed by atoms with Crippen molar-refractivity contribution in [2.75, 3.05) is 7.11 Å². The third-order valence-corrected chi connectivity index (χ3v) is 6.40. The number of methoxy groups -OCH3 is 1. The van der Waals surface area contributed by atoms with E-state index in [-0.39, 0.29) is 13.2 Å². The van der Waals surface area contributed by atoms with E-state index in [1.807, 2.05) is 18.2 Å². The fourth-order valence-electron chi connectivity index (χ4n) is 4.52. The molecule has 0 aliphatic carbocycles. The van der Waals surface area contributed by atoms with Crippen LogP contribution in [0.3, 0.4) is 0 Å². The van der Waals surface area contributed by atoms with Crippen LogP contribution in [0.5, 0.6) is 5.75 Å². The third-order valence-electron chi connectivity index (χ3n) is 6.11. The van der Waals surface area contributed by atoms with Gasteiger partial charge in [-0.05, 0) is 53.9 Å². The van der Waals surface area contributed by atoms with Gasteiger partial charge in [-0.2, -0.15) is 5.26 Å². The van der Waals surface area contributed by atoms with Crippen LogP contribution in [0, 0.1) is 17.1 Å². The van der Waals surface area contributed by atoms with Gasteiger partial charge in [0.25, 0.3) is 0 Å². The lowest BCUT2D eigenvalue weighted by molar-refractivity contribution is 0.172. The number of allylic oxidation sites excluding steroid dienone is 1. The van der Waals surface area contributed by atoms with Gasteiger partial charge in [0.1, 0.15) is 24.3 Å². The maximum Gasteiger partial charge on any atom is 0.156 e. The highest BCUT2D eigenvalue weighted by molar-refractivity contribution is 6.33. The van der Waals surface area contributed by atoms with Crippen LogP contribution in [0.4, 0.5) is 4.39 Å². The summed E-state index contributed by atoms with van der Waals surface area (Å²) in [7, 11) is 1.56. The van der Waals surface area contributed by atoms with E-state index in [9.17, 15) is 14.8 Å². The molecule has 1 unspecified atom stereocenters. The Balaban J connectivity index is 1.65. The molecule has 0 amide bonds. The Labute approximate surface area is 206 Å². The molecular formula is C27H21ClFN3O3. The molecule has 1 aliphatic heterocycles. The molecule has 4 aromatic rings. The van der Waals surface area contributed by atoms with Crippen molar-refractivity contribution >= 4 is 22.8 Å². The minimum Gasteiger partial charge on any atom is -0.488 e. The predicted molar refractivity (Wildman–Crippen MR) is 129 cm³/mol. The van der Waals surface area contributed by atoms with E-state index in [2.05, 4.69) is 11.1 Å². The van der Waals surface area contributed by atoms with Crippen molar-refractivity contribution in [3.8, 4) is 11.8 Å². The van der Waals surface area contributed by atoms with Gasteiger partial charge in [0.05, 0.1) is 29.1 Å². The van der Waals surface area contributed by atoms with Crippen LogP contribution in [0.2, 0.25) is 5.02 Å². The number of aliphatic hydroxyl groups is 1. The Morgan fingerprint density at radius 1 is 1.29 bits per heavy atom. The van der Waals surface area contributed by atoms with Crippen molar-refractivity contribution in [2.45, 2.75) is 26.2 Å². The van der Waals surface area contributed by atoms with Crippen molar-refractivity contribution < 1.29 is 19.0 Å². The molecule has 0 saturated carbocycles. The van der Waals surface area contributed by atoms with Gasteiger partial charge in [0, 0.05) is 36.1 Å². The summed E-state index contributed by atoms with van der Waals surface area (Å²) in [5, 5.41) is 21.6. The highest BCUT2D eigenvalue weighted by Gasteiger charge is 2.26. The summed E-state index contributed by atoms with van der Waals surface area (Å²) in [4.78, 5) is 4.57. The second-order valence-electron chi connectivity index (χ2n) is 8.29. The Morgan fingerprint density at radius 3 is 2.86 bits per heavy atom. The summed E-state index contributed by atoms with van der Waals surface area (Å²) < 4.78 is 26.9. The van der Waals surface area contributed by atoms with E-state index in [1.54, 1.807) is 42.8 Å². The van der Waals surface area contributed by atoms with E-state index in [0.717, 1.165) is 11.1 Å². The molecule has 1 atom stereocenters. The van der Waals surface area contributed by atoms with Gasteiger partial charge >= 0.3 is 0 Å². The van der Waals surface area contributed by atoms with Gasteiger partial charge in [0.15, 0.2) is 5.65 Å². The van der Waals surface area contributed by atoms with E-state index < -0.39 is 11.9 Å². The number of nitriles is 1. The van der Waals surface area contributed by atoms with E-state index in [0.29, 0.717) is 50.1 Å². The molecule has 8 heteroatoms. The molecule has 2 aromatic carbocycles. The number of benzene rings is 2. The Morgan fingerprint density at radius 2 is 2.09 bits per heavy atom. The zero-order valence-corrected chi connectivity index (χ0v) is 19.8. The first kappa shape index (κ1) is 23.1. The standard InChI is InChI=1S/C27H21ClFN3O3/c1-15(12-30)24-19-7-5-16(10-17(19)13-35-23-11-18(29)6-8-20(23)24)26(33)25-22(14-34-2)31-27-21(28)4-3-9-32(25)27/h3-11,26,33H,13-14H2,1-2H3/b24-15-. The topological polar surface area (TPSA) is 79.8 Å². The summed E-state index contributed by atoms with van der Waals surface area (Å²) in [6.07, 6.45) is 0.757. The molecule has 35 heavy (non-hydrogen) atoms. The zero-order chi connectivity index (χ0) is 24.7. The highest BCUT2D eigenvalue weighted by atomic mass is 35.5. The minimum absolute atomic E-state index is 0.151. The molecule has 6 nitrogen and oxygen atoms in total. The lowest BCUT2D eigenvalue weighted by atomic mass is 9.89.